The number of rotatable bonds is 52. The van der Waals surface area contributed by atoms with Crippen molar-refractivity contribution in [2.24, 2.45) is 0 Å². The number of hydrogen-bond acceptors (Lipinski definition) is 7. The summed E-state index contributed by atoms with van der Waals surface area (Å²) in [6.45, 7) is 4.40. The van der Waals surface area contributed by atoms with Crippen molar-refractivity contribution in [3.63, 3.8) is 0 Å². The van der Waals surface area contributed by atoms with Gasteiger partial charge in [0, 0.05) is 12.8 Å². The van der Waals surface area contributed by atoms with Gasteiger partial charge >= 0.3 is 19.8 Å². The van der Waals surface area contributed by atoms with Crippen molar-refractivity contribution in [2.75, 3.05) is 47.5 Å². The first-order valence-electron chi connectivity index (χ1n) is 28.2. The van der Waals surface area contributed by atoms with Gasteiger partial charge in [0.05, 0.1) is 27.7 Å². The molecule has 0 aliphatic rings. The predicted molar refractivity (Wildman–Crippen MR) is 284 cm³/mol. The topological polar surface area (TPSA) is 108 Å². The van der Waals surface area contributed by atoms with E-state index < -0.39 is 26.5 Å². The second kappa shape index (κ2) is 49.2. The molecule has 0 radical (unpaired) electrons. The number of unbranched alkanes of at least 4 members (excludes halogenated alkanes) is 32. The Morgan fingerprint density at radius 1 is 0.463 bits per heavy atom. The molecule has 0 aromatic rings. The molecule has 9 nitrogen and oxygen atoms in total. The molecule has 0 aliphatic heterocycles. The van der Waals surface area contributed by atoms with Crippen LogP contribution in [-0.4, -0.2) is 74.9 Å². The monoisotopic (exact) mass is 967 g/mol. The van der Waals surface area contributed by atoms with Crippen LogP contribution in [0.15, 0.2) is 36.5 Å². The quantitative estimate of drug-likeness (QED) is 0.0211. The highest BCUT2D eigenvalue weighted by atomic mass is 31.2. The van der Waals surface area contributed by atoms with Gasteiger partial charge in [-0.15, -0.1) is 0 Å². The average molecular weight is 967 g/mol. The first kappa shape index (κ1) is 65.2. The van der Waals surface area contributed by atoms with E-state index in [0.29, 0.717) is 17.4 Å². The van der Waals surface area contributed by atoms with Crippen LogP contribution in [0, 0.1) is 0 Å². The van der Waals surface area contributed by atoms with Crippen LogP contribution in [0.5, 0.6) is 0 Å². The molecule has 67 heavy (non-hydrogen) atoms. The third kappa shape index (κ3) is 53.4. The van der Waals surface area contributed by atoms with Crippen LogP contribution in [0.3, 0.4) is 0 Å². The van der Waals surface area contributed by atoms with Crippen LogP contribution in [0.1, 0.15) is 264 Å². The molecular formula is C57H109NO8P+. The summed E-state index contributed by atoms with van der Waals surface area (Å²) < 4.78 is 34.5. The fourth-order valence-electron chi connectivity index (χ4n) is 7.97. The van der Waals surface area contributed by atoms with Crippen LogP contribution >= 0.6 is 7.82 Å². The molecule has 10 heteroatoms. The highest BCUT2D eigenvalue weighted by Gasteiger charge is 2.27. The largest absolute Gasteiger partial charge is 0.472 e. The van der Waals surface area contributed by atoms with E-state index in [1.54, 1.807) is 0 Å². The Morgan fingerprint density at radius 2 is 0.821 bits per heavy atom. The van der Waals surface area contributed by atoms with Gasteiger partial charge in [0.1, 0.15) is 19.8 Å². The molecule has 2 atom stereocenters. The zero-order valence-corrected chi connectivity index (χ0v) is 45.5. The molecule has 1 N–H and O–H groups in total. The first-order valence-corrected chi connectivity index (χ1v) is 29.7. The van der Waals surface area contributed by atoms with E-state index in [1.807, 2.05) is 21.1 Å². The number of hydrogen-bond donors (Lipinski definition) is 1. The van der Waals surface area contributed by atoms with Gasteiger partial charge in [0.25, 0.3) is 0 Å². The number of ether oxygens (including phenoxy) is 2. The number of phosphoric acid groups is 1. The van der Waals surface area contributed by atoms with Crippen molar-refractivity contribution in [3.05, 3.63) is 36.5 Å². The van der Waals surface area contributed by atoms with Gasteiger partial charge in [0.15, 0.2) is 6.10 Å². The molecule has 0 fully saturated rings. The normalized spacial score (nSPS) is 13.6. The molecule has 0 spiro atoms. The number of carbonyl (C=O) groups is 2. The number of carbonyl (C=O) groups excluding carboxylic acids is 2. The lowest BCUT2D eigenvalue weighted by atomic mass is 10.0. The summed E-state index contributed by atoms with van der Waals surface area (Å²) in [7, 11) is 1.47. The van der Waals surface area contributed by atoms with Gasteiger partial charge in [-0.05, 0) is 64.2 Å². The number of esters is 2. The minimum atomic E-state index is -4.38. The van der Waals surface area contributed by atoms with E-state index in [9.17, 15) is 19.0 Å². The van der Waals surface area contributed by atoms with E-state index in [2.05, 4.69) is 50.3 Å². The minimum Gasteiger partial charge on any atom is -0.462 e. The summed E-state index contributed by atoms with van der Waals surface area (Å²) in [5, 5.41) is 0. The minimum absolute atomic E-state index is 0.0298. The molecule has 394 valence electrons. The van der Waals surface area contributed by atoms with Crippen molar-refractivity contribution in [1.29, 1.82) is 0 Å². The van der Waals surface area contributed by atoms with Gasteiger partial charge in [-0.3, -0.25) is 18.6 Å². The second-order valence-electron chi connectivity index (χ2n) is 20.3. The Kier molecular flexibility index (Phi) is 47.9. The number of phosphoric ester groups is 1. The number of likely N-dealkylation sites (N-methyl/N-ethyl adjacent to an activating group) is 1. The molecular weight excluding hydrogens is 858 g/mol. The molecule has 0 saturated heterocycles. The van der Waals surface area contributed by atoms with Crippen molar-refractivity contribution in [3.8, 4) is 0 Å². The lowest BCUT2D eigenvalue weighted by Gasteiger charge is -2.24. The summed E-state index contributed by atoms with van der Waals surface area (Å²) in [4.78, 5) is 35.6. The van der Waals surface area contributed by atoms with Gasteiger partial charge in [-0.1, -0.05) is 224 Å². The van der Waals surface area contributed by atoms with Crippen LogP contribution < -0.4 is 0 Å². The second-order valence-corrected chi connectivity index (χ2v) is 21.8. The van der Waals surface area contributed by atoms with Gasteiger partial charge in [-0.2, -0.15) is 0 Å². The van der Waals surface area contributed by atoms with E-state index in [1.165, 1.54) is 167 Å². The van der Waals surface area contributed by atoms with Crippen LogP contribution in [-0.2, 0) is 32.7 Å². The fraction of sp³-hybridized carbons (Fsp3) is 0.860. The SMILES string of the molecule is CCCC/C=C\C/C=C\CCCCCCCC(=O)OC(COC(=O)CCCCCCCCCCCCCCCCCCC/C=C\CCCCCCCCCC)COP(=O)(O)OCC[N+](C)(C)C. The molecule has 0 aromatic carbocycles. The third-order valence-electron chi connectivity index (χ3n) is 12.4. The van der Waals surface area contributed by atoms with Crippen LogP contribution in [0.2, 0.25) is 0 Å². The Morgan fingerprint density at radius 3 is 1.24 bits per heavy atom. The lowest BCUT2D eigenvalue weighted by molar-refractivity contribution is -0.870. The molecule has 0 rings (SSSR count). The standard InChI is InChI=1S/C57H108NO8P/c1-6-8-10-12-14-16-18-20-22-23-24-25-26-27-28-29-30-31-32-33-34-35-36-38-39-41-43-45-47-49-56(59)63-53-55(54-65-67(61,62)64-52-51-58(3,4)5)66-57(60)50-48-46-44-42-40-37-21-19-17-15-13-11-9-7-2/h13,15,19,21,23-24,55H,6-12,14,16-18,20,22,25-54H2,1-5H3/p+1/b15-13-,21-19-,24-23-. The summed E-state index contributed by atoms with van der Waals surface area (Å²) in [6, 6.07) is 0. The third-order valence-corrected chi connectivity index (χ3v) is 13.4. The van der Waals surface area contributed by atoms with Crippen molar-refractivity contribution < 1.29 is 42.1 Å². The van der Waals surface area contributed by atoms with Crippen molar-refractivity contribution >= 4 is 19.8 Å². The molecule has 0 bridgehead atoms. The van der Waals surface area contributed by atoms with Crippen LogP contribution in [0.4, 0.5) is 0 Å². The van der Waals surface area contributed by atoms with E-state index in [0.717, 1.165) is 64.2 Å². The Hall–Kier alpha value is -1.77. The Labute approximate surface area is 414 Å². The van der Waals surface area contributed by atoms with Gasteiger partial charge in [-0.25, -0.2) is 4.57 Å². The van der Waals surface area contributed by atoms with Crippen molar-refractivity contribution in [1.82, 2.24) is 0 Å². The first-order chi connectivity index (χ1) is 32.5. The zero-order chi connectivity index (χ0) is 49.2. The van der Waals surface area contributed by atoms with Crippen molar-refractivity contribution in [2.45, 2.75) is 270 Å². The van der Waals surface area contributed by atoms with Crippen LogP contribution in [0.25, 0.3) is 0 Å². The highest BCUT2D eigenvalue weighted by Crippen LogP contribution is 2.43. The lowest BCUT2D eigenvalue weighted by Crippen LogP contribution is -2.37. The maximum absolute atomic E-state index is 12.7. The molecule has 0 amide bonds. The number of nitrogens with zero attached hydrogens (tertiary/aromatic N) is 1. The summed E-state index contributed by atoms with van der Waals surface area (Å²) in [5.41, 5.74) is 0. The van der Waals surface area contributed by atoms with E-state index >= 15 is 0 Å². The number of allylic oxidation sites excluding steroid dienone is 6. The smallest absolute Gasteiger partial charge is 0.462 e. The summed E-state index contributed by atoms with van der Waals surface area (Å²) in [5.74, 6) is -0.805. The molecule has 0 heterocycles. The maximum Gasteiger partial charge on any atom is 0.472 e. The predicted octanol–water partition coefficient (Wildman–Crippen LogP) is 17.2. The van der Waals surface area contributed by atoms with Gasteiger partial charge < -0.3 is 18.9 Å². The molecule has 0 aromatic heterocycles. The molecule has 0 aliphatic carbocycles. The average Bonchev–Trinajstić information content (AvgIpc) is 3.29. The summed E-state index contributed by atoms with van der Waals surface area (Å²) in [6.07, 6.45) is 59.4. The Balaban J connectivity index is 4.05. The Bertz CT molecular complexity index is 1230. The number of quaternary nitrogens is 1. The fourth-order valence-corrected chi connectivity index (χ4v) is 8.71. The summed E-state index contributed by atoms with van der Waals surface area (Å²) >= 11 is 0. The van der Waals surface area contributed by atoms with E-state index in [-0.39, 0.29) is 32.0 Å². The van der Waals surface area contributed by atoms with Gasteiger partial charge in [0.2, 0.25) is 0 Å². The molecule has 0 saturated carbocycles. The maximum atomic E-state index is 12.7. The zero-order valence-electron chi connectivity index (χ0n) is 44.6. The molecule has 2 unspecified atom stereocenters. The van der Waals surface area contributed by atoms with E-state index in [4.69, 9.17) is 18.5 Å². The highest BCUT2D eigenvalue weighted by molar-refractivity contribution is 7.47.